The second-order valence-electron chi connectivity index (χ2n) is 2.87. The van der Waals surface area contributed by atoms with E-state index in [-0.39, 0.29) is 0 Å². The van der Waals surface area contributed by atoms with Crippen LogP contribution in [0.25, 0.3) is 0 Å². The van der Waals surface area contributed by atoms with Gasteiger partial charge in [0.2, 0.25) is 0 Å². The molecule has 1 aromatic carbocycles. The Bertz CT molecular complexity index is 347. The smallest absolute Gasteiger partial charge is 0.0516 e. The van der Waals surface area contributed by atoms with Gasteiger partial charge in [-0.2, -0.15) is 0 Å². The Kier molecular flexibility index (Phi) is 4.59. The van der Waals surface area contributed by atoms with Gasteiger partial charge in [-0.1, -0.05) is 40.9 Å². The molecule has 0 aliphatic heterocycles. The minimum Gasteiger partial charge on any atom is -0.380 e. The number of anilines is 1. The summed E-state index contributed by atoms with van der Waals surface area (Å²) in [6.07, 6.45) is 0. The topological polar surface area (TPSA) is 12.0 Å². The molecule has 1 rings (SSSR count). The molecule has 1 nitrogen and oxygen atoms in total. The number of hydrogen-bond donors (Lipinski definition) is 1. The molecular formula is C10H10Cl3N. The van der Waals surface area contributed by atoms with Gasteiger partial charge >= 0.3 is 0 Å². The van der Waals surface area contributed by atoms with E-state index in [0.717, 1.165) is 16.3 Å². The predicted molar refractivity (Wildman–Crippen MR) is 64.5 cm³/mol. The SMILES string of the molecule is Cc1ccc(NC/C(Cl)=C/Cl)cc1Cl. The third-order valence-electron chi connectivity index (χ3n) is 1.75. The molecule has 76 valence electrons. The molecule has 0 saturated carbocycles. The van der Waals surface area contributed by atoms with Crippen LogP contribution in [0.5, 0.6) is 0 Å². The van der Waals surface area contributed by atoms with E-state index in [1.807, 2.05) is 25.1 Å². The van der Waals surface area contributed by atoms with Gasteiger partial charge in [-0.3, -0.25) is 0 Å². The normalized spacial score (nSPS) is 11.6. The minimum absolute atomic E-state index is 0.504. The molecule has 0 fully saturated rings. The lowest BCUT2D eigenvalue weighted by Gasteiger charge is -2.06. The summed E-state index contributed by atoms with van der Waals surface area (Å²) in [7, 11) is 0. The third kappa shape index (κ3) is 3.41. The van der Waals surface area contributed by atoms with Crippen molar-refractivity contribution in [3.8, 4) is 0 Å². The summed E-state index contributed by atoms with van der Waals surface area (Å²) in [6.45, 7) is 2.46. The summed E-state index contributed by atoms with van der Waals surface area (Å²) >= 11 is 17.1. The van der Waals surface area contributed by atoms with Crippen LogP contribution in [-0.4, -0.2) is 6.54 Å². The van der Waals surface area contributed by atoms with Crippen LogP contribution in [0.3, 0.4) is 0 Å². The molecule has 0 bridgehead atoms. The fraction of sp³-hybridized carbons (Fsp3) is 0.200. The first-order chi connectivity index (χ1) is 6.63. The lowest BCUT2D eigenvalue weighted by molar-refractivity contribution is 1.31. The third-order valence-corrected chi connectivity index (χ3v) is 2.78. The molecule has 0 aliphatic rings. The first-order valence-corrected chi connectivity index (χ1v) is 5.27. The number of nitrogens with one attached hydrogen (secondary N) is 1. The number of aryl methyl sites for hydroxylation is 1. The van der Waals surface area contributed by atoms with Gasteiger partial charge in [-0.05, 0) is 24.6 Å². The number of benzene rings is 1. The summed E-state index contributed by atoms with van der Waals surface area (Å²) < 4.78 is 0. The monoisotopic (exact) mass is 249 g/mol. The highest BCUT2D eigenvalue weighted by Gasteiger charge is 1.97. The molecule has 0 atom stereocenters. The minimum atomic E-state index is 0.504. The molecule has 0 spiro atoms. The summed E-state index contributed by atoms with van der Waals surface area (Å²) in [4.78, 5) is 0. The van der Waals surface area contributed by atoms with Crippen LogP contribution in [-0.2, 0) is 0 Å². The molecule has 0 unspecified atom stereocenters. The maximum Gasteiger partial charge on any atom is 0.0516 e. The Morgan fingerprint density at radius 1 is 1.50 bits per heavy atom. The quantitative estimate of drug-likeness (QED) is 0.839. The Morgan fingerprint density at radius 2 is 2.21 bits per heavy atom. The largest absolute Gasteiger partial charge is 0.380 e. The van der Waals surface area contributed by atoms with E-state index in [1.165, 1.54) is 5.54 Å². The summed E-state index contributed by atoms with van der Waals surface area (Å²) in [5.41, 5.74) is 3.32. The molecular weight excluding hydrogens is 240 g/mol. The van der Waals surface area contributed by atoms with Crippen molar-refractivity contribution in [3.05, 3.63) is 39.4 Å². The lowest BCUT2D eigenvalue weighted by Crippen LogP contribution is -2.00. The van der Waals surface area contributed by atoms with Crippen LogP contribution in [0.1, 0.15) is 5.56 Å². The van der Waals surface area contributed by atoms with E-state index in [1.54, 1.807) is 0 Å². The molecule has 4 heteroatoms. The average Bonchev–Trinajstić information content (AvgIpc) is 2.19. The van der Waals surface area contributed by atoms with Crippen molar-refractivity contribution in [1.29, 1.82) is 0 Å². The Hall–Kier alpha value is -0.370. The average molecular weight is 251 g/mol. The highest BCUT2D eigenvalue weighted by Crippen LogP contribution is 2.20. The van der Waals surface area contributed by atoms with Gasteiger partial charge in [-0.15, -0.1) is 0 Å². The second-order valence-corrected chi connectivity index (χ2v) is 3.98. The van der Waals surface area contributed by atoms with Crippen LogP contribution in [0.2, 0.25) is 5.02 Å². The van der Waals surface area contributed by atoms with Gasteiger partial charge in [0.1, 0.15) is 0 Å². The van der Waals surface area contributed by atoms with E-state index in [4.69, 9.17) is 34.8 Å². The molecule has 0 aliphatic carbocycles. The van der Waals surface area contributed by atoms with Crippen molar-refractivity contribution < 1.29 is 0 Å². The Morgan fingerprint density at radius 3 is 2.79 bits per heavy atom. The van der Waals surface area contributed by atoms with E-state index in [2.05, 4.69) is 5.32 Å². The number of rotatable bonds is 3. The highest BCUT2D eigenvalue weighted by molar-refractivity contribution is 6.36. The van der Waals surface area contributed by atoms with Crippen molar-refractivity contribution >= 4 is 40.5 Å². The lowest BCUT2D eigenvalue weighted by atomic mass is 10.2. The van der Waals surface area contributed by atoms with Gasteiger partial charge in [0.25, 0.3) is 0 Å². The molecule has 0 aromatic heterocycles. The summed E-state index contributed by atoms with van der Waals surface area (Å²) in [5, 5.41) is 4.39. The van der Waals surface area contributed by atoms with Crippen molar-refractivity contribution in [2.24, 2.45) is 0 Å². The fourth-order valence-corrected chi connectivity index (χ4v) is 1.25. The van der Waals surface area contributed by atoms with Crippen molar-refractivity contribution in [3.63, 3.8) is 0 Å². The van der Waals surface area contributed by atoms with Gasteiger partial charge in [-0.25, -0.2) is 0 Å². The maximum absolute atomic E-state index is 5.95. The Balaban J connectivity index is 2.64. The molecule has 0 amide bonds. The van der Waals surface area contributed by atoms with E-state index in [9.17, 15) is 0 Å². The second kappa shape index (κ2) is 5.50. The predicted octanol–water partition coefficient (Wildman–Crippen LogP) is 4.38. The number of halogens is 3. The Labute approximate surface area is 98.7 Å². The first kappa shape index (κ1) is 11.7. The first-order valence-electron chi connectivity index (χ1n) is 4.08. The molecule has 1 aromatic rings. The van der Waals surface area contributed by atoms with Gasteiger partial charge in [0.05, 0.1) is 6.54 Å². The van der Waals surface area contributed by atoms with Crippen molar-refractivity contribution in [2.45, 2.75) is 6.92 Å². The molecule has 1 N–H and O–H groups in total. The highest BCUT2D eigenvalue weighted by atomic mass is 35.5. The van der Waals surface area contributed by atoms with Crippen molar-refractivity contribution in [1.82, 2.24) is 0 Å². The van der Waals surface area contributed by atoms with Crippen LogP contribution in [0.4, 0.5) is 5.69 Å². The molecule has 0 heterocycles. The number of hydrogen-bond acceptors (Lipinski definition) is 1. The fourth-order valence-electron chi connectivity index (χ4n) is 0.928. The summed E-state index contributed by atoms with van der Waals surface area (Å²) in [6, 6.07) is 5.75. The zero-order valence-corrected chi connectivity index (χ0v) is 9.92. The van der Waals surface area contributed by atoms with Crippen molar-refractivity contribution in [2.75, 3.05) is 11.9 Å². The van der Waals surface area contributed by atoms with Gasteiger partial charge in [0, 0.05) is 21.3 Å². The zero-order chi connectivity index (χ0) is 10.6. The standard InChI is InChI=1S/C10H10Cl3N/c1-7-2-3-9(4-10(7)13)14-6-8(12)5-11/h2-5,14H,6H2,1H3/b8-5-. The van der Waals surface area contributed by atoms with Gasteiger partial charge in [0.15, 0.2) is 0 Å². The van der Waals surface area contributed by atoms with Gasteiger partial charge < -0.3 is 5.32 Å². The summed E-state index contributed by atoms with van der Waals surface area (Å²) in [5.74, 6) is 0. The molecule has 14 heavy (non-hydrogen) atoms. The van der Waals surface area contributed by atoms with E-state index >= 15 is 0 Å². The van der Waals surface area contributed by atoms with Crippen LogP contribution in [0.15, 0.2) is 28.8 Å². The van der Waals surface area contributed by atoms with Crippen LogP contribution < -0.4 is 5.32 Å². The van der Waals surface area contributed by atoms with E-state index < -0.39 is 0 Å². The maximum atomic E-state index is 5.95. The zero-order valence-electron chi connectivity index (χ0n) is 7.65. The van der Waals surface area contributed by atoms with E-state index in [0.29, 0.717) is 11.6 Å². The molecule has 0 saturated heterocycles. The van der Waals surface area contributed by atoms with Crippen LogP contribution in [0, 0.1) is 6.92 Å². The molecule has 0 radical (unpaired) electrons. The van der Waals surface area contributed by atoms with Crippen LogP contribution >= 0.6 is 34.8 Å².